The van der Waals surface area contributed by atoms with Gasteiger partial charge in [-0.3, -0.25) is 4.90 Å². The number of sulfonamides is 1. The maximum absolute atomic E-state index is 11.7. The fourth-order valence-corrected chi connectivity index (χ4v) is 3.84. The minimum absolute atomic E-state index is 0.110. The van der Waals surface area contributed by atoms with Crippen molar-refractivity contribution in [1.82, 2.24) is 4.72 Å². The molecule has 1 fully saturated rings. The molecule has 112 valence electrons. The first-order valence-electron chi connectivity index (χ1n) is 6.51. The summed E-state index contributed by atoms with van der Waals surface area (Å²) in [7, 11) is -3.28. The first-order valence-corrected chi connectivity index (χ1v) is 9.04. The summed E-state index contributed by atoms with van der Waals surface area (Å²) in [4.78, 5) is 13.2. The molecule has 0 saturated carbocycles. The van der Waals surface area contributed by atoms with E-state index in [9.17, 15) is 13.2 Å². The highest BCUT2D eigenvalue weighted by molar-refractivity contribution is 7.89. The van der Waals surface area contributed by atoms with Gasteiger partial charge < -0.3 is 4.74 Å². The van der Waals surface area contributed by atoms with E-state index in [1.54, 1.807) is 0 Å². The van der Waals surface area contributed by atoms with Gasteiger partial charge in [0.05, 0.1) is 12.3 Å². The molecule has 1 atom stereocenters. The molecule has 1 aliphatic heterocycles. The highest BCUT2D eigenvalue weighted by atomic mass is 32.2. The molecule has 1 aromatic heterocycles. The number of hydrogen-bond acceptors (Lipinski definition) is 5. The molecule has 1 aromatic rings. The largest absolute Gasteiger partial charge is 0.443 e. The summed E-state index contributed by atoms with van der Waals surface area (Å²) in [5.74, 6) is 0.110. The lowest BCUT2D eigenvalue weighted by molar-refractivity contribution is 0.143. The van der Waals surface area contributed by atoms with E-state index in [1.165, 1.54) is 16.2 Å². The SMILES string of the molecule is CCCCS(=O)(=O)NCC1CN(c2cccs2)C(=O)O1. The number of amides is 1. The van der Waals surface area contributed by atoms with Crippen molar-refractivity contribution in [3.63, 3.8) is 0 Å². The van der Waals surface area contributed by atoms with Crippen LogP contribution in [0.3, 0.4) is 0 Å². The second-order valence-corrected chi connectivity index (χ2v) is 7.44. The van der Waals surface area contributed by atoms with Crippen LogP contribution in [0.2, 0.25) is 0 Å². The van der Waals surface area contributed by atoms with Crippen molar-refractivity contribution in [2.75, 3.05) is 23.7 Å². The molecular formula is C12H18N2O4S2. The zero-order valence-electron chi connectivity index (χ0n) is 11.2. The number of rotatable bonds is 7. The Hall–Kier alpha value is -1.12. The van der Waals surface area contributed by atoms with Gasteiger partial charge in [-0.05, 0) is 23.9 Å². The number of unbranched alkanes of at least 4 members (excludes halogenated alkanes) is 1. The Morgan fingerprint density at radius 3 is 3.00 bits per heavy atom. The number of nitrogens with one attached hydrogen (secondary N) is 1. The van der Waals surface area contributed by atoms with E-state index < -0.39 is 22.2 Å². The lowest BCUT2D eigenvalue weighted by Gasteiger charge is -2.11. The topological polar surface area (TPSA) is 75.7 Å². The van der Waals surface area contributed by atoms with Crippen LogP contribution in [0.5, 0.6) is 0 Å². The predicted octanol–water partition coefficient (Wildman–Crippen LogP) is 1.79. The van der Waals surface area contributed by atoms with Crippen LogP contribution in [0, 0.1) is 0 Å². The maximum atomic E-state index is 11.7. The molecule has 20 heavy (non-hydrogen) atoms. The fraction of sp³-hybridized carbons (Fsp3) is 0.583. The second-order valence-electron chi connectivity index (χ2n) is 4.59. The van der Waals surface area contributed by atoms with E-state index in [0.717, 1.165) is 11.4 Å². The van der Waals surface area contributed by atoms with E-state index in [0.29, 0.717) is 13.0 Å². The average Bonchev–Trinajstić information content (AvgIpc) is 3.03. The molecule has 2 heterocycles. The Bertz CT molecular complexity index is 542. The maximum Gasteiger partial charge on any atom is 0.415 e. The number of carbonyl (C=O) groups excluding carboxylic acids is 1. The van der Waals surface area contributed by atoms with Gasteiger partial charge in [-0.2, -0.15) is 0 Å². The van der Waals surface area contributed by atoms with Crippen LogP contribution < -0.4 is 9.62 Å². The van der Waals surface area contributed by atoms with Gasteiger partial charge in [0.1, 0.15) is 11.1 Å². The smallest absolute Gasteiger partial charge is 0.415 e. The quantitative estimate of drug-likeness (QED) is 0.831. The summed E-state index contributed by atoms with van der Waals surface area (Å²) in [5.41, 5.74) is 0. The number of hydrogen-bond donors (Lipinski definition) is 1. The Labute approximate surface area is 122 Å². The normalized spacial score (nSPS) is 19.4. The van der Waals surface area contributed by atoms with Gasteiger partial charge in [0, 0.05) is 6.54 Å². The van der Waals surface area contributed by atoms with Gasteiger partial charge in [-0.1, -0.05) is 13.3 Å². The van der Waals surface area contributed by atoms with E-state index >= 15 is 0 Å². The molecule has 0 radical (unpaired) electrons. The lowest BCUT2D eigenvalue weighted by atomic mass is 10.3. The molecule has 0 aromatic carbocycles. The van der Waals surface area contributed by atoms with Crippen LogP contribution >= 0.6 is 11.3 Å². The molecule has 1 saturated heterocycles. The molecule has 8 heteroatoms. The molecule has 1 aliphatic rings. The van der Waals surface area contributed by atoms with Crippen molar-refractivity contribution in [3.8, 4) is 0 Å². The van der Waals surface area contributed by atoms with Crippen molar-refractivity contribution in [3.05, 3.63) is 17.5 Å². The summed E-state index contributed by atoms with van der Waals surface area (Å²) in [6, 6.07) is 3.69. The summed E-state index contributed by atoms with van der Waals surface area (Å²) >= 11 is 1.45. The molecule has 0 aliphatic carbocycles. The summed E-state index contributed by atoms with van der Waals surface area (Å²) in [6.07, 6.45) is 0.582. The van der Waals surface area contributed by atoms with E-state index in [4.69, 9.17) is 4.74 Å². The van der Waals surface area contributed by atoms with Crippen molar-refractivity contribution in [2.24, 2.45) is 0 Å². The van der Waals surface area contributed by atoms with Gasteiger partial charge in [0.25, 0.3) is 0 Å². The van der Waals surface area contributed by atoms with Gasteiger partial charge in [-0.25, -0.2) is 17.9 Å². The first kappa shape index (κ1) is 15.3. The van der Waals surface area contributed by atoms with Crippen LogP contribution in [0.1, 0.15) is 19.8 Å². The second kappa shape index (κ2) is 6.55. The first-order chi connectivity index (χ1) is 9.52. The van der Waals surface area contributed by atoms with Crippen LogP contribution in [0.25, 0.3) is 0 Å². The lowest BCUT2D eigenvalue weighted by Crippen LogP contribution is -2.35. The number of thiophene rings is 1. The van der Waals surface area contributed by atoms with Gasteiger partial charge >= 0.3 is 6.09 Å². The van der Waals surface area contributed by atoms with Gasteiger partial charge in [0.2, 0.25) is 10.0 Å². The van der Waals surface area contributed by atoms with Crippen LogP contribution in [-0.2, 0) is 14.8 Å². The zero-order valence-corrected chi connectivity index (χ0v) is 12.9. The van der Waals surface area contributed by atoms with Crippen LogP contribution in [-0.4, -0.2) is 39.5 Å². The predicted molar refractivity (Wildman–Crippen MR) is 78.6 cm³/mol. The zero-order chi connectivity index (χ0) is 14.6. The highest BCUT2D eigenvalue weighted by Crippen LogP contribution is 2.26. The Kier molecular flexibility index (Phi) is 5.00. The van der Waals surface area contributed by atoms with E-state index in [2.05, 4.69) is 4.72 Å². The monoisotopic (exact) mass is 318 g/mol. The molecule has 6 nitrogen and oxygen atoms in total. The Morgan fingerprint density at radius 2 is 2.35 bits per heavy atom. The summed E-state index contributed by atoms with van der Waals surface area (Å²) < 4.78 is 31.0. The number of anilines is 1. The minimum Gasteiger partial charge on any atom is -0.443 e. The number of nitrogens with zero attached hydrogens (tertiary/aromatic N) is 1. The standard InChI is InChI=1S/C12H18N2O4S2/c1-2-3-7-20(16,17)13-8-10-9-14(12(15)18-10)11-5-4-6-19-11/h4-6,10,13H,2-3,7-9H2,1H3. The molecule has 0 bridgehead atoms. The Morgan fingerprint density at radius 1 is 1.55 bits per heavy atom. The van der Waals surface area contributed by atoms with Gasteiger partial charge in [-0.15, -0.1) is 11.3 Å². The number of ether oxygens (including phenoxy) is 1. The van der Waals surface area contributed by atoms with Crippen molar-refractivity contribution >= 4 is 32.5 Å². The summed E-state index contributed by atoms with van der Waals surface area (Å²) in [5, 5.41) is 2.69. The number of carbonyl (C=O) groups is 1. The molecule has 1 amide bonds. The average molecular weight is 318 g/mol. The van der Waals surface area contributed by atoms with Gasteiger partial charge in [0.15, 0.2) is 0 Å². The minimum atomic E-state index is -3.28. The van der Waals surface area contributed by atoms with Crippen LogP contribution in [0.15, 0.2) is 17.5 Å². The molecule has 1 N–H and O–H groups in total. The van der Waals surface area contributed by atoms with Crippen molar-refractivity contribution in [2.45, 2.75) is 25.9 Å². The van der Waals surface area contributed by atoms with Crippen molar-refractivity contribution < 1.29 is 17.9 Å². The Balaban J connectivity index is 1.85. The number of cyclic esters (lactones) is 1. The molecule has 0 spiro atoms. The third kappa shape index (κ3) is 3.94. The van der Waals surface area contributed by atoms with E-state index in [-0.39, 0.29) is 12.3 Å². The molecule has 2 rings (SSSR count). The van der Waals surface area contributed by atoms with Crippen molar-refractivity contribution in [1.29, 1.82) is 0 Å². The molecule has 1 unspecified atom stereocenters. The highest BCUT2D eigenvalue weighted by Gasteiger charge is 2.33. The fourth-order valence-electron chi connectivity index (χ4n) is 1.86. The third-order valence-corrected chi connectivity index (χ3v) is 5.27. The van der Waals surface area contributed by atoms with Crippen LogP contribution in [0.4, 0.5) is 9.80 Å². The third-order valence-electron chi connectivity index (χ3n) is 2.94. The van der Waals surface area contributed by atoms with E-state index in [1.807, 2.05) is 24.4 Å². The molecular weight excluding hydrogens is 300 g/mol. The summed E-state index contributed by atoms with van der Waals surface area (Å²) in [6.45, 7) is 2.43.